The van der Waals surface area contributed by atoms with Crippen molar-refractivity contribution < 1.29 is 5.11 Å². The average Bonchev–Trinajstić information content (AvgIpc) is 2.63. The number of aromatic nitrogens is 2. The van der Waals surface area contributed by atoms with Gasteiger partial charge in [0.2, 0.25) is 0 Å². The minimum Gasteiger partial charge on any atom is -0.508 e. The van der Waals surface area contributed by atoms with Gasteiger partial charge >= 0.3 is 0 Å². The molecule has 0 spiro atoms. The summed E-state index contributed by atoms with van der Waals surface area (Å²) in [4.78, 5) is 17.8. The van der Waals surface area contributed by atoms with Crippen molar-refractivity contribution in [2.24, 2.45) is 0 Å². The molecule has 128 valence electrons. The lowest BCUT2D eigenvalue weighted by Gasteiger charge is -2.14. The van der Waals surface area contributed by atoms with Crippen LogP contribution in [0.15, 0.2) is 71.5 Å². The third kappa shape index (κ3) is 2.94. The molecule has 0 atom stereocenters. The van der Waals surface area contributed by atoms with Crippen LogP contribution < -0.4 is 5.56 Å². The maximum atomic E-state index is 13.2. The van der Waals surface area contributed by atoms with Crippen LogP contribution in [0.3, 0.4) is 0 Å². The van der Waals surface area contributed by atoms with Gasteiger partial charge in [0, 0.05) is 21.7 Å². The van der Waals surface area contributed by atoms with Gasteiger partial charge in [0.05, 0.1) is 16.6 Å². The quantitative estimate of drug-likeness (QED) is 0.526. The Kier molecular flexibility index (Phi) is 4.15. The number of benzene rings is 3. The van der Waals surface area contributed by atoms with Gasteiger partial charge in [-0.1, -0.05) is 23.2 Å². The molecule has 0 unspecified atom stereocenters. The maximum absolute atomic E-state index is 13.2. The van der Waals surface area contributed by atoms with Gasteiger partial charge in [-0.15, -0.1) is 0 Å². The van der Waals surface area contributed by atoms with Crippen molar-refractivity contribution in [1.82, 2.24) is 9.55 Å². The van der Waals surface area contributed by atoms with Crippen LogP contribution >= 0.6 is 23.2 Å². The zero-order chi connectivity index (χ0) is 18.3. The largest absolute Gasteiger partial charge is 0.508 e. The van der Waals surface area contributed by atoms with Crippen LogP contribution in [0.4, 0.5) is 0 Å². The number of fused-ring (bicyclic) bond motifs is 1. The second-order valence-electron chi connectivity index (χ2n) is 5.76. The summed E-state index contributed by atoms with van der Waals surface area (Å²) in [5, 5.41) is 11.3. The Morgan fingerprint density at radius 2 is 1.46 bits per heavy atom. The van der Waals surface area contributed by atoms with Crippen molar-refractivity contribution in [3.8, 4) is 22.8 Å². The van der Waals surface area contributed by atoms with Crippen molar-refractivity contribution in [3.63, 3.8) is 0 Å². The second kappa shape index (κ2) is 6.48. The van der Waals surface area contributed by atoms with E-state index in [-0.39, 0.29) is 11.3 Å². The molecule has 0 fully saturated rings. The van der Waals surface area contributed by atoms with E-state index in [9.17, 15) is 9.90 Å². The van der Waals surface area contributed by atoms with Crippen LogP contribution in [-0.2, 0) is 0 Å². The number of phenolic OH excluding ortho intramolecular Hbond substituents is 1. The molecule has 4 aromatic rings. The van der Waals surface area contributed by atoms with Crippen LogP contribution in [0.5, 0.6) is 5.75 Å². The number of rotatable bonds is 2. The van der Waals surface area contributed by atoms with Gasteiger partial charge in [0.1, 0.15) is 11.6 Å². The first-order valence-electron chi connectivity index (χ1n) is 7.80. The number of phenols is 1. The molecule has 4 nitrogen and oxygen atoms in total. The highest BCUT2D eigenvalue weighted by atomic mass is 35.5. The zero-order valence-electron chi connectivity index (χ0n) is 13.4. The van der Waals surface area contributed by atoms with E-state index in [0.717, 1.165) is 5.56 Å². The third-order valence-corrected chi connectivity index (χ3v) is 4.54. The highest BCUT2D eigenvalue weighted by molar-refractivity contribution is 6.30. The predicted molar refractivity (Wildman–Crippen MR) is 104 cm³/mol. The summed E-state index contributed by atoms with van der Waals surface area (Å²) in [6.45, 7) is 0. The molecule has 26 heavy (non-hydrogen) atoms. The van der Waals surface area contributed by atoms with Gasteiger partial charge in [-0.2, -0.15) is 0 Å². The fraction of sp³-hybridized carbons (Fsp3) is 0. The van der Waals surface area contributed by atoms with Crippen LogP contribution in [0, 0.1) is 0 Å². The van der Waals surface area contributed by atoms with Crippen molar-refractivity contribution in [3.05, 3.63) is 87.1 Å². The van der Waals surface area contributed by atoms with Gasteiger partial charge in [-0.25, -0.2) is 4.98 Å². The lowest BCUT2D eigenvalue weighted by atomic mass is 10.1. The van der Waals surface area contributed by atoms with E-state index in [1.807, 2.05) is 0 Å². The molecule has 6 heteroatoms. The molecule has 1 N–H and O–H groups in total. The Morgan fingerprint density at radius 1 is 0.846 bits per heavy atom. The summed E-state index contributed by atoms with van der Waals surface area (Å²) in [5.74, 6) is 0.503. The number of nitrogens with zero attached hydrogens (tertiary/aromatic N) is 2. The molecule has 0 bridgehead atoms. The van der Waals surface area contributed by atoms with E-state index in [2.05, 4.69) is 4.98 Å². The molecule has 0 saturated carbocycles. The predicted octanol–water partition coefficient (Wildman–Crippen LogP) is 5.07. The highest BCUT2D eigenvalue weighted by Crippen LogP contribution is 2.25. The number of hydrogen-bond acceptors (Lipinski definition) is 3. The van der Waals surface area contributed by atoms with Crippen molar-refractivity contribution in [2.45, 2.75) is 0 Å². The molecular formula is C20H12Cl2N2O2. The summed E-state index contributed by atoms with van der Waals surface area (Å²) >= 11 is 12.0. The molecule has 1 aromatic heterocycles. The third-order valence-electron chi connectivity index (χ3n) is 4.04. The molecule has 4 rings (SSSR count). The fourth-order valence-corrected chi connectivity index (χ4v) is 3.05. The zero-order valence-corrected chi connectivity index (χ0v) is 14.9. The van der Waals surface area contributed by atoms with Gasteiger partial charge in [-0.05, 0) is 60.7 Å². The van der Waals surface area contributed by atoms with E-state index >= 15 is 0 Å². The van der Waals surface area contributed by atoms with Crippen LogP contribution in [0.25, 0.3) is 28.0 Å². The molecule has 3 aromatic carbocycles. The van der Waals surface area contributed by atoms with Gasteiger partial charge in [0.15, 0.2) is 0 Å². The Hall–Kier alpha value is -2.82. The standard InChI is InChI=1S/C20H12Cl2N2O2/c21-13-3-1-12(2-4-13)19-23-18-11-16(25)9-10-17(18)20(26)24(19)15-7-5-14(22)6-8-15/h1-11,25H. The molecule has 0 saturated heterocycles. The molecule has 0 radical (unpaired) electrons. The maximum Gasteiger partial charge on any atom is 0.266 e. The van der Waals surface area contributed by atoms with Crippen LogP contribution in [0.1, 0.15) is 0 Å². The summed E-state index contributed by atoms with van der Waals surface area (Å²) in [6, 6.07) is 18.5. The Bertz CT molecular complexity index is 1170. The molecule has 0 aliphatic heterocycles. The summed E-state index contributed by atoms with van der Waals surface area (Å²) < 4.78 is 1.53. The van der Waals surface area contributed by atoms with Gasteiger partial charge in [-0.3, -0.25) is 9.36 Å². The molecule has 0 aliphatic carbocycles. The summed E-state index contributed by atoms with van der Waals surface area (Å²) in [7, 11) is 0. The van der Waals surface area contributed by atoms with E-state index in [4.69, 9.17) is 23.2 Å². The van der Waals surface area contributed by atoms with E-state index in [1.165, 1.54) is 16.7 Å². The average molecular weight is 383 g/mol. The molecule has 1 heterocycles. The first-order chi connectivity index (χ1) is 12.5. The number of halogens is 2. The smallest absolute Gasteiger partial charge is 0.266 e. The van der Waals surface area contributed by atoms with E-state index in [1.54, 1.807) is 54.6 Å². The van der Waals surface area contributed by atoms with Crippen molar-refractivity contribution >= 4 is 34.1 Å². The summed E-state index contributed by atoms with van der Waals surface area (Å²) in [6.07, 6.45) is 0. The summed E-state index contributed by atoms with van der Waals surface area (Å²) in [5.41, 5.74) is 1.56. The minimum atomic E-state index is -0.234. The van der Waals surface area contributed by atoms with Gasteiger partial charge < -0.3 is 5.11 Å². The topological polar surface area (TPSA) is 55.1 Å². The Balaban J connectivity index is 2.09. The Labute approximate surface area is 158 Å². The van der Waals surface area contributed by atoms with Crippen LogP contribution in [0.2, 0.25) is 10.0 Å². The molecular weight excluding hydrogens is 371 g/mol. The second-order valence-corrected chi connectivity index (χ2v) is 6.63. The number of aromatic hydroxyl groups is 1. The van der Waals surface area contributed by atoms with E-state index < -0.39 is 0 Å². The first kappa shape index (κ1) is 16.6. The first-order valence-corrected chi connectivity index (χ1v) is 8.56. The molecule has 0 aliphatic rings. The van der Waals surface area contributed by atoms with E-state index in [0.29, 0.717) is 32.5 Å². The lowest BCUT2D eigenvalue weighted by molar-refractivity contribution is 0.476. The SMILES string of the molecule is O=c1c2ccc(O)cc2nc(-c2ccc(Cl)cc2)n1-c1ccc(Cl)cc1. The number of hydrogen-bond donors (Lipinski definition) is 1. The monoisotopic (exact) mass is 382 g/mol. The van der Waals surface area contributed by atoms with Crippen molar-refractivity contribution in [2.75, 3.05) is 0 Å². The molecule has 0 amide bonds. The van der Waals surface area contributed by atoms with Gasteiger partial charge in [0.25, 0.3) is 5.56 Å². The van der Waals surface area contributed by atoms with Crippen LogP contribution in [-0.4, -0.2) is 14.7 Å². The highest BCUT2D eigenvalue weighted by Gasteiger charge is 2.15. The van der Waals surface area contributed by atoms with Crippen molar-refractivity contribution in [1.29, 1.82) is 0 Å². The normalized spacial score (nSPS) is 11.0. The Morgan fingerprint density at radius 3 is 2.12 bits per heavy atom. The fourth-order valence-electron chi connectivity index (χ4n) is 2.80. The lowest BCUT2D eigenvalue weighted by Crippen LogP contribution is -2.21. The minimum absolute atomic E-state index is 0.0516.